The molecule has 5 N–H and O–H groups in total. The van der Waals surface area contributed by atoms with Gasteiger partial charge < -0.3 is 30.1 Å². The number of carbonyl (C=O) groups excluding carboxylic acids is 1. The van der Waals surface area contributed by atoms with Crippen molar-refractivity contribution in [2.24, 2.45) is 0 Å². The number of carboxylic acids is 2. The van der Waals surface area contributed by atoms with Crippen molar-refractivity contribution in [3.05, 3.63) is 54.1 Å². The first-order chi connectivity index (χ1) is 16.5. The van der Waals surface area contributed by atoms with E-state index in [-0.39, 0.29) is 5.41 Å². The van der Waals surface area contributed by atoms with Crippen LogP contribution < -0.4 is 15.0 Å². The smallest absolute Gasteiger partial charge is 0.417 e. The number of carbonyl (C=O) groups is 3. The minimum Gasteiger partial charge on any atom is -0.479 e. The summed E-state index contributed by atoms with van der Waals surface area (Å²) in [7, 11) is 4.31. The fraction of sp³-hybridized carbons (Fsp3) is 0.375. The van der Waals surface area contributed by atoms with Gasteiger partial charge in [0.25, 0.3) is 0 Å². The van der Waals surface area contributed by atoms with E-state index in [0.29, 0.717) is 11.9 Å². The van der Waals surface area contributed by atoms with Crippen molar-refractivity contribution in [1.29, 1.82) is 0 Å². The van der Waals surface area contributed by atoms with Crippen LogP contribution in [0.3, 0.4) is 0 Å². The van der Waals surface area contributed by atoms with Crippen LogP contribution in [0.15, 0.2) is 48.5 Å². The van der Waals surface area contributed by atoms with Gasteiger partial charge in [-0.2, -0.15) is 0 Å². The summed E-state index contributed by atoms with van der Waals surface area (Å²) in [5, 5.41) is 35.3. The molecule has 0 radical (unpaired) electrons. The van der Waals surface area contributed by atoms with Gasteiger partial charge >= 0.3 is 18.0 Å². The Labute approximate surface area is 202 Å². The summed E-state index contributed by atoms with van der Waals surface area (Å²) in [6.07, 6.45) is -3.54. The molecule has 188 valence electrons. The molecule has 2 aliphatic heterocycles. The summed E-state index contributed by atoms with van der Waals surface area (Å²) in [5.74, 6) is -2.96. The third kappa shape index (κ3) is 5.37. The molecule has 11 heteroatoms. The Bertz CT molecular complexity index is 1080. The standard InChI is InChI=1S/C20H23N3O2.C4H6O6/c1-20-11-12-22(2)18(20)23(3)17-10-9-15(13-16(17)20)25-19(24)21-14-7-5-4-6-8-14;5-1(3(7)8)2(6)4(9)10/h4-10,13,18H,11-12H2,1-3H3,(H,21,24);1-2,5-6H,(H,7,8)(H,9,10)/t18?,20-;/m1./s1. The average molecular weight is 488 g/mol. The first-order valence-corrected chi connectivity index (χ1v) is 10.9. The van der Waals surface area contributed by atoms with Crippen LogP contribution in [0.2, 0.25) is 0 Å². The molecular formula is C24H29N3O8. The number of amides is 1. The van der Waals surface area contributed by atoms with Gasteiger partial charge in [-0.15, -0.1) is 0 Å². The van der Waals surface area contributed by atoms with Crippen molar-refractivity contribution in [1.82, 2.24) is 4.90 Å². The molecule has 3 unspecified atom stereocenters. The number of carboxylic acid groups (broad SMARTS) is 2. The number of anilines is 2. The molecule has 2 heterocycles. The first-order valence-electron chi connectivity index (χ1n) is 10.9. The van der Waals surface area contributed by atoms with Crippen molar-refractivity contribution < 1.29 is 39.5 Å². The van der Waals surface area contributed by atoms with E-state index < -0.39 is 30.2 Å². The molecular weight excluding hydrogens is 458 g/mol. The molecule has 2 aromatic carbocycles. The lowest BCUT2D eigenvalue weighted by atomic mass is 9.81. The molecule has 35 heavy (non-hydrogen) atoms. The SMILES string of the molecule is CN1CC[C@]2(C)c3cc(OC(=O)Nc4ccccc4)ccc3N(C)C12.O=C(O)C(O)C(O)C(=O)O. The third-order valence-corrected chi connectivity index (χ3v) is 6.34. The van der Waals surface area contributed by atoms with Gasteiger partial charge in [0.05, 0.1) is 6.17 Å². The van der Waals surface area contributed by atoms with Gasteiger partial charge in [-0.1, -0.05) is 25.1 Å². The van der Waals surface area contributed by atoms with Gasteiger partial charge in [-0.25, -0.2) is 14.4 Å². The number of likely N-dealkylation sites (N-methyl/N-ethyl adjacent to an activating group) is 2. The topological polar surface area (TPSA) is 160 Å². The Morgan fingerprint density at radius 2 is 1.63 bits per heavy atom. The zero-order valence-electron chi connectivity index (χ0n) is 19.6. The van der Waals surface area contributed by atoms with Crippen molar-refractivity contribution in [2.45, 2.75) is 37.1 Å². The number of likely N-dealkylation sites (tertiary alicyclic amines) is 1. The Balaban J connectivity index is 0.000000292. The van der Waals surface area contributed by atoms with Crippen LogP contribution in [-0.4, -0.2) is 82.4 Å². The van der Waals surface area contributed by atoms with Crippen molar-refractivity contribution in [3.8, 4) is 5.75 Å². The quantitative estimate of drug-likeness (QED) is 0.419. The van der Waals surface area contributed by atoms with Crippen molar-refractivity contribution in [3.63, 3.8) is 0 Å². The van der Waals surface area contributed by atoms with E-state index >= 15 is 0 Å². The number of fused-ring (bicyclic) bond motifs is 3. The highest BCUT2D eigenvalue weighted by Crippen LogP contribution is 2.51. The minimum atomic E-state index is -2.27. The number of nitrogens with zero attached hydrogens (tertiary/aromatic N) is 2. The van der Waals surface area contributed by atoms with E-state index in [1.807, 2.05) is 42.5 Å². The predicted octanol–water partition coefficient (Wildman–Crippen LogP) is 1.54. The maximum absolute atomic E-state index is 12.2. The van der Waals surface area contributed by atoms with Gasteiger partial charge in [-0.05, 0) is 49.4 Å². The van der Waals surface area contributed by atoms with Crippen molar-refractivity contribution >= 4 is 29.4 Å². The summed E-state index contributed by atoms with van der Waals surface area (Å²) in [5.41, 5.74) is 3.26. The summed E-state index contributed by atoms with van der Waals surface area (Å²) >= 11 is 0. The molecule has 2 aromatic rings. The number of benzene rings is 2. The number of nitrogens with one attached hydrogen (secondary N) is 1. The second kappa shape index (κ2) is 10.3. The maximum Gasteiger partial charge on any atom is 0.417 e. The van der Waals surface area contributed by atoms with Crippen LogP contribution in [0, 0.1) is 0 Å². The van der Waals surface area contributed by atoms with E-state index in [4.69, 9.17) is 25.2 Å². The lowest BCUT2D eigenvalue weighted by Crippen LogP contribution is -2.45. The first kappa shape index (κ1) is 25.9. The monoisotopic (exact) mass is 487 g/mol. The molecule has 0 aromatic heterocycles. The highest BCUT2D eigenvalue weighted by atomic mass is 16.6. The molecule has 0 spiro atoms. The molecule has 4 atom stereocenters. The van der Waals surface area contributed by atoms with Crippen LogP contribution in [0.5, 0.6) is 5.75 Å². The molecule has 1 fully saturated rings. The molecule has 1 saturated heterocycles. The number of aliphatic carboxylic acids is 2. The Morgan fingerprint density at radius 1 is 1.03 bits per heavy atom. The molecule has 0 saturated carbocycles. The van der Waals surface area contributed by atoms with Gasteiger partial charge in [-0.3, -0.25) is 10.2 Å². The Morgan fingerprint density at radius 3 is 2.20 bits per heavy atom. The van der Waals surface area contributed by atoms with Gasteiger partial charge in [0.15, 0.2) is 12.2 Å². The zero-order valence-corrected chi connectivity index (χ0v) is 19.6. The Kier molecular flexibility index (Phi) is 7.64. The minimum absolute atomic E-state index is 0.0636. The maximum atomic E-state index is 12.2. The van der Waals surface area contributed by atoms with E-state index in [9.17, 15) is 14.4 Å². The number of rotatable bonds is 5. The average Bonchev–Trinajstić information content (AvgIpc) is 3.24. The largest absolute Gasteiger partial charge is 0.479 e. The summed E-state index contributed by atoms with van der Waals surface area (Å²) < 4.78 is 5.52. The van der Waals surface area contributed by atoms with Crippen LogP contribution in [0.4, 0.5) is 16.2 Å². The predicted molar refractivity (Wildman–Crippen MR) is 127 cm³/mol. The fourth-order valence-corrected chi connectivity index (χ4v) is 4.66. The molecule has 1 amide bonds. The normalized spacial score (nSPS) is 22.2. The summed E-state index contributed by atoms with van der Waals surface area (Å²) in [6.45, 7) is 3.38. The van der Waals surface area contributed by atoms with Crippen LogP contribution >= 0.6 is 0 Å². The van der Waals surface area contributed by atoms with Gasteiger partial charge in [0, 0.05) is 30.4 Å². The van der Waals surface area contributed by atoms with Crippen molar-refractivity contribution in [2.75, 3.05) is 30.9 Å². The fourth-order valence-electron chi connectivity index (χ4n) is 4.66. The van der Waals surface area contributed by atoms with E-state index in [1.54, 1.807) is 0 Å². The number of aliphatic hydroxyl groups is 2. The number of hydrogen-bond donors (Lipinski definition) is 5. The summed E-state index contributed by atoms with van der Waals surface area (Å²) in [6, 6.07) is 15.3. The van der Waals surface area contributed by atoms with Crippen LogP contribution in [0.1, 0.15) is 18.9 Å². The van der Waals surface area contributed by atoms with Gasteiger partial charge in [0.2, 0.25) is 0 Å². The highest BCUT2D eigenvalue weighted by molar-refractivity contribution is 5.86. The third-order valence-electron chi connectivity index (χ3n) is 6.34. The van der Waals surface area contributed by atoms with Gasteiger partial charge in [0.1, 0.15) is 5.75 Å². The number of aliphatic hydroxyl groups excluding tert-OH is 2. The van der Waals surface area contributed by atoms with E-state index in [2.05, 4.69) is 42.2 Å². The van der Waals surface area contributed by atoms with Crippen LogP contribution in [0.25, 0.3) is 0 Å². The second-order valence-corrected chi connectivity index (χ2v) is 8.76. The number of para-hydroxylation sites is 1. The molecule has 2 aliphatic rings. The molecule has 0 bridgehead atoms. The van der Waals surface area contributed by atoms with Crippen LogP contribution in [-0.2, 0) is 15.0 Å². The number of hydrogen-bond acceptors (Lipinski definition) is 8. The van der Waals surface area contributed by atoms with E-state index in [1.165, 1.54) is 11.3 Å². The molecule has 4 rings (SSSR count). The lowest BCUT2D eigenvalue weighted by Gasteiger charge is -2.32. The number of ether oxygens (including phenoxy) is 1. The lowest BCUT2D eigenvalue weighted by molar-refractivity contribution is -0.165. The summed E-state index contributed by atoms with van der Waals surface area (Å²) in [4.78, 5) is 36.4. The molecule has 11 nitrogen and oxygen atoms in total. The highest BCUT2D eigenvalue weighted by Gasteiger charge is 2.52. The Hall–Kier alpha value is -3.67. The second-order valence-electron chi connectivity index (χ2n) is 8.76. The molecule has 0 aliphatic carbocycles. The zero-order chi connectivity index (χ0) is 25.9. The van der Waals surface area contributed by atoms with E-state index in [0.717, 1.165) is 18.7 Å².